The summed E-state index contributed by atoms with van der Waals surface area (Å²) in [5.41, 5.74) is -0.247. The highest BCUT2D eigenvalue weighted by Gasteiger charge is 2.49. The van der Waals surface area contributed by atoms with Gasteiger partial charge in [0.1, 0.15) is 0 Å². The fourth-order valence-electron chi connectivity index (χ4n) is 4.21. The van der Waals surface area contributed by atoms with Crippen molar-refractivity contribution < 1.29 is 9.59 Å². The Labute approximate surface area is 131 Å². The molecule has 0 spiro atoms. The zero-order chi connectivity index (χ0) is 15.9. The summed E-state index contributed by atoms with van der Waals surface area (Å²) in [6.07, 6.45) is 7.23. The lowest BCUT2D eigenvalue weighted by atomic mass is 9.76. The van der Waals surface area contributed by atoms with Crippen LogP contribution in [-0.2, 0) is 11.8 Å². The minimum Gasteiger partial charge on any atom is -0.335 e. The molecule has 0 saturated carbocycles. The van der Waals surface area contributed by atoms with Gasteiger partial charge in [0.05, 0.1) is 11.6 Å². The summed E-state index contributed by atoms with van der Waals surface area (Å²) < 4.78 is 1.76. The van der Waals surface area contributed by atoms with Gasteiger partial charge in [-0.25, -0.2) is 4.98 Å². The molecule has 0 aliphatic carbocycles. The first-order chi connectivity index (χ1) is 10.4. The number of aromatic nitrogens is 2. The normalized spacial score (nSPS) is 28.4. The average molecular weight is 304 g/mol. The number of carbonyl (C=O) groups excluding carboxylic acids is 2. The maximum atomic E-state index is 12.9. The third-order valence-electron chi connectivity index (χ3n) is 5.31. The lowest BCUT2D eigenvalue weighted by Gasteiger charge is -2.56. The van der Waals surface area contributed by atoms with Crippen LogP contribution in [0, 0.1) is 0 Å². The molecular formula is C16H24N4O2. The summed E-state index contributed by atoms with van der Waals surface area (Å²) in [4.78, 5) is 33.0. The first-order valence-corrected chi connectivity index (χ1v) is 8.01. The SMILES string of the molecule is CC(=O)N1CCC[C@@H]2N(C(=O)c3nccn3C)CCC[C@@]21C. The number of rotatable bonds is 1. The van der Waals surface area contributed by atoms with E-state index in [0.29, 0.717) is 5.82 Å². The third kappa shape index (κ3) is 2.21. The number of hydrogen-bond acceptors (Lipinski definition) is 3. The summed E-state index contributed by atoms with van der Waals surface area (Å²) in [6, 6.07) is 0.0862. The Hall–Kier alpha value is -1.85. The van der Waals surface area contributed by atoms with E-state index in [1.165, 1.54) is 0 Å². The molecular weight excluding hydrogens is 280 g/mol. The van der Waals surface area contributed by atoms with Crippen molar-refractivity contribution in [3.8, 4) is 0 Å². The molecule has 1 aromatic rings. The topological polar surface area (TPSA) is 58.4 Å². The molecule has 3 rings (SSSR count). The van der Waals surface area contributed by atoms with Crippen LogP contribution in [-0.4, -0.2) is 55.8 Å². The molecule has 2 fully saturated rings. The minimum absolute atomic E-state index is 0.0196. The molecule has 6 heteroatoms. The number of imidazole rings is 1. The van der Waals surface area contributed by atoms with E-state index >= 15 is 0 Å². The van der Waals surface area contributed by atoms with Crippen molar-refractivity contribution in [2.24, 2.45) is 7.05 Å². The molecule has 120 valence electrons. The van der Waals surface area contributed by atoms with Gasteiger partial charge in [0, 0.05) is 39.5 Å². The Kier molecular flexibility index (Phi) is 3.70. The maximum Gasteiger partial charge on any atom is 0.290 e. The van der Waals surface area contributed by atoms with E-state index in [2.05, 4.69) is 11.9 Å². The molecule has 0 N–H and O–H groups in total. The van der Waals surface area contributed by atoms with Crippen LogP contribution in [0.4, 0.5) is 0 Å². The Morgan fingerprint density at radius 1 is 1.32 bits per heavy atom. The van der Waals surface area contributed by atoms with Crippen LogP contribution < -0.4 is 0 Å². The molecule has 2 saturated heterocycles. The molecule has 0 radical (unpaired) electrons. The average Bonchev–Trinajstić information content (AvgIpc) is 2.90. The van der Waals surface area contributed by atoms with Crippen LogP contribution >= 0.6 is 0 Å². The van der Waals surface area contributed by atoms with Crippen LogP contribution in [0.3, 0.4) is 0 Å². The standard InChI is InChI=1S/C16H24N4O2/c1-12(21)20-10-4-6-13-16(20,2)7-5-9-19(13)15(22)14-17-8-11-18(14)3/h8,11,13H,4-7,9-10H2,1-3H3/t13-,16-/m0/s1. The van der Waals surface area contributed by atoms with Gasteiger partial charge in [0.15, 0.2) is 5.82 Å². The zero-order valence-electron chi connectivity index (χ0n) is 13.6. The zero-order valence-corrected chi connectivity index (χ0v) is 13.6. The molecule has 2 aliphatic heterocycles. The number of aryl methyl sites for hydroxylation is 1. The summed E-state index contributed by atoms with van der Waals surface area (Å²) in [5, 5.41) is 0. The second kappa shape index (κ2) is 5.41. The molecule has 3 heterocycles. The van der Waals surface area contributed by atoms with Crippen molar-refractivity contribution in [2.45, 2.75) is 51.1 Å². The van der Waals surface area contributed by atoms with Crippen LogP contribution in [0.25, 0.3) is 0 Å². The Morgan fingerprint density at radius 2 is 2.09 bits per heavy atom. The number of likely N-dealkylation sites (tertiary alicyclic amines) is 2. The van der Waals surface area contributed by atoms with E-state index in [4.69, 9.17) is 0 Å². The smallest absolute Gasteiger partial charge is 0.290 e. The van der Waals surface area contributed by atoms with Crippen LogP contribution in [0.15, 0.2) is 12.4 Å². The number of fused-ring (bicyclic) bond motifs is 1. The van der Waals surface area contributed by atoms with E-state index in [1.54, 1.807) is 23.9 Å². The highest BCUT2D eigenvalue weighted by atomic mass is 16.2. The van der Waals surface area contributed by atoms with Crippen molar-refractivity contribution in [3.05, 3.63) is 18.2 Å². The van der Waals surface area contributed by atoms with Gasteiger partial charge in [-0.2, -0.15) is 0 Å². The molecule has 0 aromatic carbocycles. The fourth-order valence-corrected chi connectivity index (χ4v) is 4.21. The lowest BCUT2D eigenvalue weighted by molar-refractivity contribution is -0.143. The first-order valence-electron chi connectivity index (χ1n) is 8.01. The number of piperidine rings is 2. The quantitative estimate of drug-likeness (QED) is 0.788. The van der Waals surface area contributed by atoms with E-state index in [9.17, 15) is 9.59 Å². The predicted molar refractivity (Wildman–Crippen MR) is 82.3 cm³/mol. The van der Waals surface area contributed by atoms with Gasteiger partial charge < -0.3 is 14.4 Å². The van der Waals surface area contributed by atoms with Crippen LogP contribution in [0.2, 0.25) is 0 Å². The van der Waals surface area contributed by atoms with Gasteiger partial charge in [-0.15, -0.1) is 0 Å². The van der Waals surface area contributed by atoms with Gasteiger partial charge in [-0.05, 0) is 32.6 Å². The molecule has 22 heavy (non-hydrogen) atoms. The third-order valence-corrected chi connectivity index (χ3v) is 5.31. The van der Waals surface area contributed by atoms with Gasteiger partial charge >= 0.3 is 0 Å². The minimum atomic E-state index is -0.247. The van der Waals surface area contributed by atoms with E-state index in [0.717, 1.165) is 38.8 Å². The summed E-state index contributed by atoms with van der Waals surface area (Å²) in [7, 11) is 1.84. The van der Waals surface area contributed by atoms with Crippen LogP contribution in [0.1, 0.15) is 50.1 Å². The lowest BCUT2D eigenvalue weighted by Crippen LogP contribution is -2.68. The molecule has 2 atom stereocenters. The van der Waals surface area contributed by atoms with Crippen molar-refractivity contribution in [1.82, 2.24) is 19.4 Å². The van der Waals surface area contributed by atoms with Crippen molar-refractivity contribution in [1.29, 1.82) is 0 Å². The van der Waals surface area contributed by atoms with E-state index in [1.807, 2.05) is 16.8 Å². The van der Waals surface area contributed by atoms with Crippen LogP contribution in [0.5, 0.6) is 0 Å². The summed E-state index contributed by atoms with van der Waals surface area (Å²) in [6.45, 7) is 5.31. The Balaban J connectivity index is 1.92. The largest absolute Gasteiger partial charge is 0.335 e. The van der Waals surface area contributed by atoms with Crippen molar-refractivity contribution in [3.63, 3.8) is 0 Å². The highest BCUT2D eigenvalue weighted by Crippen LogP contribution is 2.39. The Bertz CT molecular complexity index is 597. The Morgan fingerprint density at radius 3 is 2.73 bits per heavy atom. The monoisotopic (exact) mass is 304 g/mol. The summed E-state index contributed by atoms with van der Waals surface area (Å²) >= 11 is 0. The molecule has 6 nitrogen and oxygen atoms in total. The molecule has 1 aromatic heterocycles. The second-order valence-electron chi connectivity index (χ2n) is 6.65. The molecule has 0 unspecified atom stereocenters. The number of amides is 2. The number of carbonyl (C=O) groups is 2. The number of hydrogen-bond donors (Lipinski definition) is 0. The van der Waals surface area contributed by atoms with Gasteiger partial charge in [-0.1, -0.05) is 0 Å². The van der Waals surface area contributed by atoms with Crippen molar-refractivity contribution >= 4 is 11.8 Å². The highest BCUT2D eigenvalue weighted by molar-refractivity contribution is 5.91. The van der Waals surface area contributed by atoms with Gasteiger partial charge in [-0.3, -0.25) is 9.59 Å². The predicted octanol–water partition coefficient (Wildman–Crippen LogP) is 1.43. The molecule has 2 aliphatic rings. The van der Waals surface area contributed by atoms with Gasteiger partial charge in [0.25, 0.3) is 5.91 Å². The number of nitrogens with zero attached hydrogens (tertiary/aromatic N) is 4. The van der Waals surface area contributed by atoms with Crippen molar-refractivity contribution in [2.75, 3.05) is 13.1 Å². The molecule has 2 amide bonds. The maximum absolute atomic E-state index is 12.9. The summed E-state index contributed by atoms with van der Waals surface area (Å²) in [5.74, 6) is 0.566. The second-order valence-corrected chi connectivity index (χ2v) is 6.65. The molecule has 0 bridgehead atoms. The first kappa shape index (κ1) is 15.1. The van der Waals surface area contributed by atoms with E-state index in [-0.39, 0.29) is 23.4 Å². The van der Waals surface area contributed by atoms with E-state index < -0.39 is 0 Å². The van der Waals surface area contributed by atoms with Gasteiger partial charge in [0.2, 0.25) is 5.91 Å². The fraction of sp³-hybridized carbons (Fsp3) is 0.688.